The summed E-state index contributed by atoms with van der Waals surface area (Å²) in [5, 5.41) is 4.21. The van der Waals surface area contributed by atoms with Crippen LogP contribution in [0.15, 0.2) is 78.4 Å². The summed E-state index contributed by atoms with van der Waals surface area (Å²) in [6, 6.07) is 19.6. The average Bonchev–Trinajstić information content (AvgIpc) is 3.04. The number of benzene rings is 2. The zero-order valence-electron chi connectivity index (χ0n) is 25.9. The number of hydrogen-bond acceptors (Lipinski definition) is 6. The number of rotatable bonds is 23. The standard InChI is InChI=1S/C35H51N3O4S/c1-3-5-6-7-8-9-10-11-12-19-25-43-35-32(37-38-36)34(41-27-30-22-17-14-18-23-30)33(40-24-4-2)31(42-35)28-39-26-29-20-15-13-16-21-29/h4,13-18,20-23,31-35H,2-3,5-12,19,24-28H2,1H3/t31-,32-,33-,34-,35+/m1/s1. The van der Waals surface area contributed by atoms with Gasteiger partial charge in [-0.1, -0.05) is 137 Å². The molecule has 1 heterocycles. The Kier molecular flexibility index (Phi) is 18.2. The van der Waals surface area contributed by atoms with Crippen molar-refractivity contribution >= 4 is 11.8 Å². The summed E-state index contributed by atoms with van der Waals surface area (Å²) in [6.45, 7) is 7.60. The van der Waals surface area contributed by atoms with E-state index in [-0.39, 0.29) is 11.5 Å². The van der Waals surface area contributed by atoms with E-state index in [9.17, 15) is 5.53 Å². The Morgan fingerprint density at radius 2 is 1.44 bits per heavy atom. The minimum atomic E-state index is -0.540. The number of nitrogens with zero attached hydrogens (tertiary/aromatic N) is 3. The van der Waals surface area contributed by atoms with Crippen LogP contribution in [0.1, 0.15) is 82.3 Å². The number of ether oxygens (including phenoxy) is 4. The van der Waals surface area contributed by atoms with Crippen molar-refractivity contribution in [1.82, 2.24) is 0 Å². The Labute approximate surface area is 263 Å². The van der Waals surface area contributed by atoms with Crippen LogP contribution in [0.3, 0.4) is 0 Å². The molecule has 2 aromatic rings. The van der Waals surface area contributed by atoms with Gasteiger partial charge in [0.15, 0.2) is 0 Å². The molecule has 0 aliphatic carbocycles. The minimum absolute atomic E-state index is 0.327. The normalized spacial score (nSPS) is 21.7. The van der Waals surface area contributed by atoms with Crippen molar-refractivity contribution in [3.05, 3.63) is 94.9 Å². The number of unbranched alkanes of at least 4 members (excludes halogenated alkanes) is 9. The Morgan fingerprint density at radius 3 is 2.05 bits per heavy atom. The first kappa shape index (κ1) is 35.2. The van der Waals surface area contributed by atoms with Crippen LogP contribution >= 0.6 is 11.8 Å². The lowest BCUT2D eigenvalue weighted by Gasteiger charge is -2.44. The smallest absolute Gasteiger partial charge is 0.114 e. The number of thioether (sulfide) groups is 1. The third-order valence-corrected chi connectivity index (χ3v) is 8.91. The van der Waals surface area contributed by atoms with E-state index < -0.39 is 18.2 Å². The third-order valence-electron chi connectivity index (χ3n) is 7.67. The van der Waals surface area contributed by atoms with Gasteiger partial charge in [-0.3, -0.25) is 0 Å². The van der Waals surface area contributed by atoms with Crippen LogP contribution in [0.2, 0.25) is 0 Å². The van der Waals surface area contributed by atoms with Gasteiger partial charge in [0.05, 0.1) is 32.5 Å². The summed E-state index contributed by atoms with van der Waals surface area (Å²) in [5.74, 6) is 0.930. The lowest BCUT2D eigenvalue weighted by Crippen LogP contribution is -2.59. The Hall–Kier alpha value is -2.32. The second kappa shape index (κ2) is 22.2. The third kappa shape index (κ3) is 13.5. The molecule has 0 amide bonds. The Morgan fingerprint density at radius 1 is 0.837 bits per heavy atom. The molecule has 236 valence electrons. The van der Waals surface area contributed by atoms with Gasteiger partial charge in [0.2, 0.25) is 0 Å². The summed E-state index contributed by atoms with van der Waals surface area (Å²) in [7, 11) is 0. The van der Waals surface area contributed by atoms with Crippen LogP contribution in [0.25, 0.3) is 10.4 Å². The van der Waals surface area contributed by atoms with Gasteiger partial charge in [-0.25, -0.2) is 0 Å². The van der Waals surface area contributed by atoms with Crippen molar-refractivity contribution in [2.24, 2.45) is 5.11 Å². The Bertz CT molecular complexity index is 1040. The van der Waals surface area contributed by atoms with E-state index in [1.165, 1.54) is 57.8 Å². The first-order chi connectivity index (χ1) is 21.3. The summed E-state index contributed by atoms with van der Waals surface area (Å²) in [5.41, 5.74) is 11.3. The maximum atomic E-state index is 9.55. The van der Waals surface area contributed by atoms with Gasteiger partial charge in [-0.2, -0.15) is 0 Å². The van der Waals surface area contributed by atoms with Crippen molar-refractivity contribution < 1.29 is 18.9 Å². The molecule has 8 heteroatoms. The van der Waals surface area contributed by atoms with Crippen molar-refractivity contribution in [2.75, 3.05) is 19.0 Å². The molecule has 0 radical (unpaired) electrons. The van der Waals surface area contributed by atoms with E-state index in [1.54, 1.807) is 17.8 Å². The zero-order chi connectivity index (χ0) is 30.4. The maximum Gasteiger partial charge on any atom is 0.114 e. The Balaban J connectivity index is 1.63. The molecule has 0 spiro atoms. The SMILES string of the molecule is C=CCO[C@H]1[C@H](OCc2ccccc2)[C@@H](N=[N+]=[N-])[C@H](SCCCCCCCCCCCC)O[C@@H]1COCc1ccccc1. The van der Waals surface area contributed by atoms with Crippen molar-refractivity contribution in [2.45, 2.75) is 114 Å². The highest BCUT2D eigenvalue weighted by molar-refractivity contribution is 7.99. The van der Waals surface area contributed by atoms with Crippen molar-refractivity contribution in [3.8, 4) is 0 Å². The molecule has 7 nitrogen and oxygen atoms in total. The molecule has 0 saturated carbocycles. The predicted molar refractivity (Wildman–Crippen MR) is 177 cm³/mol. The summed E-state index contributed by atoms with van der Waals surface area (Å²) >= 11 is 1.71. The molecule has 0 N–H and O–H groups in total. The minimum Gasteiger partial charge on any atom is -0.374 e. The molecule has 1 fully saturated rings. The quantitative estimate of drug-likeness (QED) is 0.0412. The highest BCUT2D eigenvalue weighted by Gasteiger charge is 2.47. The van der Waals surface area contributed by atoms with Crippen molar-refractivity contribution in [1.29, 1.82) is 0 Å². The van der Waals surface area contributed by atoms with E-state index >= 15 is 0 Å². The molecular weight excluding hydrogens is 558 g/mol. The fourth-order valence-corrected chi connectivity index (χ4v) is 6.57. The number of azide groups is 1. The molecule has 5 atom stereocenters. The van der Waals surface area contributed by atoms with Crippen LogP contribution in [0, 0.1) is 0 Å². The fraction of sp³-hybridized carbons (Fsp3) is 0.600. The van der Waals surface area contributed by atoms with E-state index in [2.05, 4.69) is 23.5 Å². The highest BCUT2D eigenvalue weighted by Crippen LogP contribution is 2.35. The second-order valence-corrected chi connectivity index (χ2v) is 12.3. The first-order valence-corrected chi connectivity index (χ1v) is 17.1. The molecule has 0 aromatic heterocycles. The van der Waals surface area contributed by atoms with Crippen LogP contribution in [-0.4, -0.2) is 48.8 Å². The van der Waals surface area contributed by atoms with Gasteiger partial charge in [0, 0.05) is 4.91 Å². The van der Waals surface area contributed by atoms with E-state index in [1.807, 2.05) is 60.7 Å². The topological polar surface area (TPSA) is 85.7 Å². The number of hydrogen-bond donors (Lipinski definition) is 0. The van der Waals surface area contributed by atoms with E-state index in [4.69, 9.17) is 18.9 Å². The highest BCUT2D eigenvalue weighted by atomic mass is 32.2. The maximum absolute atomic E-state index is 9.55. The van der Waals surface area contributed by atoms with Gasteiger partial charge in [-0.15, -0.1) is 18.3 Å². The molecule has 1 saturated heterocycles. The molecule has 43 heavy (non-hydrogen) atoms. The summed E-state index contributed by atoms with van der Waals surface area (Å²) in [4.78, 5) is 3.21. The second-order valence-electron chi connectivity index (χ2n) is 11.1. The fourth-order valence-electron chi connectivity index (χ4n) is 5.34. The summed E-state index contributed by atoms with van der Waals surface area (Å²) < 4.78 is 25.5. The molecule has 0 bridgehead atoms. The lowest BCUT2D eigenvalue weighted by molar-refractivity contribution is -0.204. The summed E-state index contributed by atoms with van der Waals surface area (Å²) in [6.07, 6.45) is 13.3. The van der Waals surface area contributed by atoms with Crippen molar-refractivity contribution in [3.63, 3.8) is 0 Å². The average molecular weight is 610 g/mol. The molecule has 0 unspecified atom stereocenters. The van der Waals surface area contributed by atoms with Crippen LogP contribution < -0.4 is 0 Å². The molecule has 2 aromatic carbocycles. The molecular formula is C35H51N3O4S. The largest absolute Gasteiger partial charge is 0.374 e. The van der Waals surface area contributed by atoms with Crippen LogP contribution in [0.4, 0.5) is 0 Å². The zero-order valence-corrected chi connectivity index (χ0v) is 26.8. The molecule has 1 aliphatic heterocycles. The van der Waals surface area contributed by atoms with Gasteiger partial charge in [0.25, 0.3) is 0 Å². The van der Waals surface area contributed by atoms with E-state index in [0.717, 1.165) is 23.3 Å². The lowest BCUT2D eigenvalue weighted by atomic mass is 9.98. The van der Waals surface area contributed by atoms with E-state index in [0.29, 0.717) is 26.4 Å². The van der Waals surface area contributed by atoms with Gasteiger partial charge < -0.3 is 18.9 Å². The monoisotopic (exact) mass is 609 g/mol. The predicted octanol–water partition coefficient (Wildman–Crippen LogP) is 9.42. The molecule has 3 rings (SSSR count). The molecule has 1 aliphatic rings. The first-order valence-electron chi connectivity index (χ1n) is 16.1. The van der Waals surface area contributed by atoms with Crippen LogP contribution in [0.5, 0.6) is 0 Å². The van der Waals surface area contributed by atoms with Gasteiger partial charge in [-0.05, 0) is 28.8 Å². The van der Waals surface area contributed by atoms with Gasteiger partial charge >= 0.3 is 0 Å². The van der Waals surface area contributed by atoms with Gasteiger partial charge in [0.1, 0.15) is 23.7 Å². The van der Waals surface area contributed by atoms with Crippen LogP contribution in [-0.2, 0) is 32.2 Å².